The molecule has 1 saturated carbocycles. The number of carbonyl (C=O) groups is 1. The number of carbonyl (C=O) groups excluding carboxylic acids is 1. The fourth-order valence-electron chi connectivity index (χ4n) is 5.50. The molecule has 8 heteroatoms. The van der Waals surface area contributed by atoms with E-state index in [2.05, 4.69) is 62.6 Å². The highest BCUT2D eigenvalue weighted by Gasteiger charge is 2.35. The fraction of sp³-hybridized carbons (Fsp3) is 0.357. The first-order valence-corrected chi connectivity index (χ1v) is 12.9. The van der Waals surface area contributed by atoms with Crippen LogP contribution in [0.25, 0.3) is 28.0 Å². The molecule has 1 amide bonds. The van der Waals surface area contributed by atoms with Crippen LogP contribution in [-0.2, 0) is 17.9 Å². The molecule has 0 radical (unpaired) electrons. The van der Waals surface area contributed by atoms with Crippen molar-refractivity contribution in [1.29, 1.82) is 0 Å². The summed E-state index contributed by atoms with van der Waals surface area (Å²) in [6, 6.07) is 17.0. The van der Waals surface area contributed by atoms with Gasteiger partial charge < -0.3 is 15.5 Å². The molecule has 0 unspecified atom stereocenters. The molecule has 2 aliphatic heterocycles. The van der Waals surface area contributed by atoms with E-state index >= 15 is 0 Å². The highest BCUT2D eigenvalue weighted by Crippen LogP contribution is 2.33. The summed E-state index contributed by atoms with van der Waals surface area (Å²) in [6.45, 7) is 3.09. The Morgan fingerprint density at radius 3 is 2.78 bits per heavy atom. The predicted octanol–water partition coefficient (Wildman–Crippen LogP) is 3.90. The molecule has 4 aromatic rings. The number of hydrogen-bond donors (Lipinski definition) is 2. The minimum Gasteiger partial charge on any atom is -0.350 e. The molecule has 1 saturated heterocycles. The van der Waals surface area contributed by atoms with Gasteiger partial charge in [-0.15, -0.1) is 0 Å². The number of nitrogens with one attached hydrogen (secondary N) is 2. The number of imidazole rings is 1. The molecule has 2 aromatic heterocycles. The molecule has 2 N–H and O–H groups in total. The van der Waals surface area contributed by atoms with Crippen LogP contribution >= 0.6 is 0 Å². The quantitative estimate of drug-likeness (QED) is 0.452. The van der Waals surface area contributed by atoms with Crippen LogP contribution in [0.4, 0.5) is 5.95 Å². The third kappa shape index (κ3) is 3.91. The van der Waals surface area contributed by atoms with Gasteiger partial charge in [0.05, 0.1) is 11.4 Å². The van der Waals surface area contributed by atoms with Crippen LogP contribution in [0.15, 0.2) is 54.7 Å². The minimum absolute atomic E-state index is 0.159. The van der Waals surface area contributed by atoms with Gasteiger partial charge >= 0.3 is 0 Å². The lowest BCUT2D eigenvalue weighted by Crippen LogP contribution is -2.45. The number of rotatable bonds is 5. The van der Waals surface area contributed by atoms with Crippen molar-refractivity contribution in [3.8, 4) is 17.2 Å². The van der Waals surface area contributed by atoms with Crippen molar-refractivity contribution in [2.45, 2.75) is 44.8 Å². The number of amides is 1. The van der Waals surface area contributed by atoms with Gasteiger partial charge in [-0.1, -0.05) is 36.4 Å². The van der Waals surface area contributed by atoms with Crippen molar-refractivity contribution in [3.05, 3.63) is 66.1 Å². The lowest BCUT2D eigenvalue weighted by Gasteiger charge is -2.33. The number of likely N-dealkylation sites (tertiary alicyclic amines) is 1. The molecular weight excluding hydrogens is 450 g/mol. The van der Waals surface area contributed by atoms with Gasteiger partial charge in [-0.2, -0.15) is 4.98 Å². The molecule has 3 aliphatic rings. The summed E-state index contributed by atoms with van der Waals surface area (Å²) in [7, 11) is 0. The number of anilines is 1. The molecule has 1 aliphatic carbocycles. The Bertz CT molecular complexity index is 1460. The Kier molecular flexibility index (Phi) is 5.20. The van der Waals surface area contributed by atoms with Crippen LogP contribution in [0, 0.1) is 5.92 Å². The Morgan fingerprint density at radius 1 is 1.00 bits per heavy atom. The maximum absolute atomic E-state index is 12.6. The maximum atomic E-state index is 12.6. The van der Waals surface area contributed by atoms with Crippen LogP contribution < -0.4 is 10.6 Å². The number of fused-ring (bicyclic) bond motifs is 2. The second kappa shape index (κ2) is 8.71. The molecular formula is C28H29N7O. The summed E-state index contributed by atoms with van der Waals surface area (Å²) in [5, 5.41) is 9.33. The number of piperidine rings is 1. The van der Waals surface area contributed by atoms with Gasteiger partial charge in [0.1, 0.15) is 11.6 Å². The van der Waals surface area contributed by atoms with Crippen LogP contribution in [0.5, 0.6) is 0 Å². The van der Waals surface area contributed by atoms with Gasteiger partial charge in [0.2, 0.25) is 11.9 Å². The molecule has 7 rings (SSSR count). The first kappa shape index (κ1) is 21.5. The molecule has 0 spiro atoms. The molecule has 2 aromatic carbocycles. The third-order valence-electron chi connectivity index (χ3n) is 7.51. The van der Waals surface area contributed by atoms with E-state index in [9.17, 15) is 4.79 Å². The first-order chi connectivity index (χ1) is 17.7. The molecule has 8 nitrogen and oxygen atoms in total. The number of hydrogen-bond acceptors (Lipinski definition) is 6. The van der Waals surface area contributed by atoms with E-state index in [1.54, 1.807) is 6.20 Å². The van der Waals surface area contributed by atoms with Crippen molar-refractivity contribution in [2.75, 3.05) is 18.4 Å². The number of nitrogens with zero attached hydrogens (tertiary/aromatic N) is 5. The maximum Gasteiger partial charge on any atom is 0.225 e. The summed E-state index contributed by atoms with van der Waals surface area (Å²) < 4.78 is 2.16. The lowest BCUT2D eigenvalue weighted by molar-refractivity contribution is -0.133. The van der Waals surface area contributed by atoms with Gasteiger partial charge in [-0.05, 0) is 48.6 Å². The van der Waals surface area contributed by atoms with Gasteiger partial charge in [0.15, 0.2) is 0 Å². The largest absolute Gasteiger partial charge is 0.350 e. The van der Waals surface area contributed by atoms with Crippen molar-refractivity contribution < 1.29 is 4.79 Å². The lowest BCUT2D eigenvalue weighted by atomic mass is 10.1. The average Bonchev–Trinajstić information content (AvgIpc) is 3.56. The molecule has 2 fully saturated rings. The van der Waals surface area contributed by atoms with E-state index in [0.29, 0.717) is 11.9 Å². The normalized spacial score (nSPS) is 19.4. The van der Waals surface area contributed by atoms with Gasteiger partial charge in [-0.3, -0.25) is 9.36 Å². The van der Waals surface area contributed by atoms with Gasteiger partial charge in [-0.25, -0.2) is 9.97 Å². The van der Waals surface area contributed by atoms with Crippen molar-refractivity contribution in [3.63, 3.8) is 0 Å². The molecule has 4 heterocycles. The van der Waals surface area contributed by atoms with Crippen LogP contribution in [0.3, 0.4) is 0 Å². The van der Waals surface area contributed by atoms with Gasteiger partial charge in [0.25, 0.3) is 0 Å². The first-order valence-electron chi connectivity index (χ1n) is 12.9. The van der Waals surface area contributed by atoms with Crippen molar-refractivity contribution in [2.24, 2.45) is 5.92 Å². The Balaban J connectivity index is 1.20. The second-order valence-electron chi connectivity index (χ2n) is 10.1. The summed E-state index contributed by atoms with van der Waals surface area (Å²) in [6.07, 6.45) is 5.90. The van der Waals surface area contributed by atoms with E-state index in [0.717, 1.165) is 80.5 Å². The third-order valence-corrected chi connectivity index (χ3v) is 7.51. The number of aromatic nitrogens is 4. The minimum atomic E-state index is 0.159. The zero-order valence-electron chi connectivity index (χ0n) is 20.2. The highest BCUT2D eigenvalue weighted by atomic mass is 16.2. The average molecular weight is 480 g/mol. The zero-order valence-corrected chi connectivity index (χ0v) is 20.2. The zero-order chi connectivity index (χ0) is 24.1. The van der Waals surface area contributed by atoms with E-state index in [1.807, 2.05) is 11.0 Å². The standard InChI is InChI=1S/C28H29N7O/c36-27(19-8-9-19)34-13-3-6-22(17-34)31-28-30-12-11-25(33-28)35-24-16-29-15-23(24)32-26(35)21-10-7-18-4-1-2-5-20(18)14-21/h1-2,4-5,7,10-12,14,19,22,29H,3,6,8-9,13,15-17H2,(H,30,31,33)/t22-/m0/s1. The molecule has 1 atom stereocenters. The van der Waals surface area contributed by atoms with E-state index in [-0.39, 0.29) is 12.0 Å². The van der Waals surface area contributed by atoms with Crippen molar-refractivity contribution in [1.82, 2.24) is 29.7 Å². The Labute approximate surface area is 209 Å². The Morgan fingerprint density at radius 2 is 1.89 bits per heavy atom. The monoisotopic (exact) mass is 479 g/mol. The SMILES string of the molecule is O=C(C1CC1)N1CCC[C@H](Nc2nccc(-n3c(-c4ccc5ccccc5c4)nc4c3CNC4)n2)C1. The summed E-state index contributed by atoms with van der Waals surface area (Å²) in [4.78, 5) is 29.1. The number of benzene rings is 2. The molecule has 36 heavy (non-hydrogen) atoms. The van der Waals surface area contributed by atoms with E-state index in [4.69, 9.17) is 9.97 Å². The van der Waals surface area contributed by atoms with E-state index < -0.39 is 0 Å². The van der Waals surface area contributed by atoms with Gasteiger partial charge in [0, 0.05) is 49.9 Å². The highest BCUT2D eigenvalue weighted by molar-refractivity contribution is 5.86. The summed E-state index contributed by atoms with van der Waals surface area (Å²) in [5.41, 5.74) is 3.27. The molecule has 182 valence electrons. The second-order valence-corrected chi connectivity index (χ2v) is 10.1. The smallest absolute Gasteiger partial charge is 0.225 e. The predicted molar refractivity (Wildman–Crippen MR) is 139 cm³/mol. The van der Waals surface area contributed by atoms with Crippen molar-refractivity contribution >= 4 is 22.6 Å². The summed E-state index contributed by atoms with van der Waals surface area (Å²) in [5.74, 6) is 2.87. The fourth-order valence-corrected chi connectivity index (χ4v) is 5.50. The van der Waals surface area contributed by atoms with Crippen LogP contribution in [0.2, 0.25) is 0 Å². The van der Waals surface area contributed by atoms with Crippen LogP contribution in [-0.4, -0.2) is 49.5 Å². The Hall–Kier alpha value is -3.78. The topological polar surface area (TPSA) is 88.0 Å². The van der Waals surface area contributed by atoms with Crippen LogP contribution in [0.1, 0.15) is 37.1 Å². The summed E-state index contributed by atoms with van der Waals surface area (Å²) >= 11 is 0. The van der Waals surface area contributed by atoms with E-state index in [1.165, 1.54) is 10.8 Å². The molecule has 0 bridgehead atoms.